The van der Waals surface area contributed by atoms with Crippen LogP contribution in [-0.2, 0) is 16.4 Å². The third-order valence-electron chi connectivity index (χ3n) is 4.59. The van der Waals surface area contributed by atoms with Gasteiger partial charge in [-0.05, 0) is 36.2 Å². The van der Waals surface area contributed by atoms with Gasteiger partial charge in [0.15, 0.2) is 9.84 Å². The number of nitro benzene ring substituents is 1. The van der Waals surface area contributed by atoms with E-state index in [9.17, 15) is 23.3 Å². The summed E-state index contributed by atoms with van der Waals surface area (Å²) in [6.07, 6.45) is 0.326. The van der Waals surface area contributed by atoms with Gasteiger partial charge in [-0.15, -0.1) is 0 Å². The quantitative estimate of drug-likeness (QED) is 0.518. The zero-order valence-electron chi connectivity index (χ0n) is 14.5. The standard InChI is InChI=1S/C18H16Cl2N2O5S/c19-14-4-1-13(17(20)9-14)10-21(16-7-8-28(26,27)11-16)18(23)12-2-5-15(6-3-12)22(24)25/h1-6,9,16H,7-8,10-11H2/t16-/m0/s1. The lowest BCUT2D eigenvalue weighted by atomic mass is 10.1. The first-order valence-electron chi connectivity index (χ1n) is 8.36. The van der Waals surface area contributed by atoms with Crippen LogP contribution in [0, 0.1) is 10.1 Å². The number of carbonyl (C=O) groups excluding carboxylic acids is 1. The zero-order valence-corrected chi connectivity index (χ0v) is 16.9. The van der Waals surface area contributed by atoms with Crippen molar-refractivity contribution in [1.29, 1.82) is 0 Å². The fraction of sp³-hybridized carbons (Fsp3) is 0.278. The molecule has 0 aliphatic carbocycles. The molecular formula is C18H16Cl2N2O5S. The van der Waals surface area contributed by atoms with Crippen LogP contribution in [0.3, 0.4) is 0 Å². The molecule has 2 aromatic rings. The van der Waals surface area contributed by atoms with Crippen LogP contribution in [0.15, 0.2) is 42.5 Å². The van der Waals surface area contributed by atoms with Gasteiger partial charge in [0, 0.05) is 40.3 Å². The summed E-state index contributed by atoms with van der Waals surface area (Å²) in [6, 6.07) is 9.59. The normalized spacial score (nSPS) is 18.0. The zero-order chi connectivity index (χ0) is 20.5. The number of nitro groups is 1. The Labute approximate surface area is 171 Å². The van der Waals surface area contributed by atoms with Crippen LogP contribution in [-0.4, -0.2) is 41.7 Å². The van der Waals surface area contributed by atoms with Crippen LogP contribution in [0.1, 0.15) is 22.3 Å². The number of halogens is 2. The van der Waals surface area contributed by atoms with E-state index in [1.54, 1.807) is 18.2 Å². The summed E-state index contributed by atoms with van der Waals surface area (Å²) >= 11 is 12.1. The van der Waals surface area contributed by atoms with Crippen molar-refractivity contribution in [1.82, 2.24) is 4.90 Å². The smallest absolute Gasteiger partial charge is 0.269 e. The van der Waals surface area contributed by atoms with E-state index in [0.717, 1.165) is 0 Å². The second-order valence-corrected chi connectivity index (χ2v) is 9.60. The predicted molar refractivity (Wildman–Crippen MR) is 106 cm³/mol. The van der Waals surface area contributed by atoms with Gasteiger partial charge in [0.25, 0.3) is 11.6 Å². The number of nitrogens with zero attached hydrogens (tertiary/aromatic N) is 2. The fourth-order valence-electron chi connectivity index (χ4n) is 3.11. The Morgan fingerprint density at radius 1 is 1.18 bits per heavy atom. The van der Waals surface area contributed by atoms with Crippen LogP contribution < -0.4 is 0 Å². The molecule has 0 unspecified atom stereocenters. The molecule has 2 aromatic carbocycles. The summed E-state index contributed by atoms with van der Waals surface area (Å²) in [7, 11) is -3.22. The molecule has 28 heavy (non-hydrogen) atoms. The molecule has 0 bridgehead atoms. The van der Waals surface area contributed by atoms with Gasteiger partial charge in [0.2, 0.25) is 0 Å². The number of sulfone groups is 1. The predicted octanol–water partition coefficient (Wildman–Crippen LogP) is 3.73. The van der Waals surface area contributed by atoms with Crippen LogP contribution in [0.25, 0.3) is 0 Å². The third kappa shape index (κ3) is 4.63. The molecule has 0 N–H and O–H groups in total. The molecular weight excluding hydrogens is 427 g/mol. The van der Waals surface area contributed by atoms with Crippen molar-refractivity contribution >= 4 is 44.6 Å². The van der Waals surface area contributed by atoms with Gasteiger partial charge in [0.05, 0.1) is 16.4 Å². The Bertz CT molecular complexity index is 1020. The van der Waals surface area contributed by atoms with Gasteiger partial charge < -0.3 is 4.90 Å². The average Bonchev–Trinajstić information content (AvgIpc) is 3.00. The minimum absolute atomic E-state index is 0.00998. The summed E-state index contributed by atoms with van der Waals surface area (Å²) in [5.74, 6) is -0.532. The number of rotatable bonds is 5. The van der Waals surface area contributed by atoms with E-state index in [2.05, 4.69) is 0 Å². The molecule has 148 valence electrons. The Morgan fingerprint density at radius 3 is 2.39 bits per heavy atom. The van der Waals surface area contributed by atoms with Gasteiger partial charge in [0.1, 0.15) is 0 Å². The number of hydrogen-bond donors (Lipinski definition) is 0. The lowest BCUT2D eigenvalue weighted by Crippen LogP contribution is -2.40. The molecule has 0 spiro atoms. The van der Waals surface area contributed by atoms with E-state index in [0.29, 0.717) is 22.0 Å². The summed E-state index contributed by atoms with van der Waals surface area (Å²) in [5, 5.41) is 11.6. The monoisotopic (exact) mass is 442 g/mol. The van der Waals surface area contributed by atoms with Crippen molar-refractivity contribution in [2.24, 2.45) is 0 Å². The highest BCUT2D eigenvalue weighted by atomic mass is 35.5. The van der Waals surface area contributed by atoms with Crippen molar-refractivity contribution in [3.63, 3.8) is 0 Å². The maximum absolute atomic E-state index is 13.1. The largest absolute Gasteiger partial charge is 0.330 e. The third-order valence-corrected chi connectivity index (χ3v) is 6.93. The van der Waals surface area contributed by atoms with E-state index in [1.165, 1.54) is 29.2 Å². The van der Waals surface area contributed by atoms with Gasteiger partial charge in [-0.2, -0.15) is 0 Å². The number of benzene rings is 2. The molecule has 1 aliphatic heterocycles. The summed E-state index contributed by atoms with van der Waals surface area (Å²) in [5.41, 5.74) is 0.734. The number of non-ortho nitro benzene ring substituents is 1. The van der Waals surface area contributed by atoms with Crippen LogP contribution in [0.4, 0.5) is 5.69 Å². The van der Waals surface area contributed by atoms with Gasteiger partial charge in [-0.3, -0.25) is 14.9 Å². The average molecular weight is 443 g/mol. The van der Waals surface area contributed by atoms with Crippen molar-refractivity contribution in [2.75, 3.05) is 11.5 Å². The lowest BCUT2D eigenvalue weighted by Gasteiger charge is -2.29. The molecule has 1 aliphatic rings. The molecule has 7 nitrogen and oxygen atoms in total. The van der Waals surface area contributed by atoms with E-state index in [4.69, 9.17) is 23.2 Å². The summed E-state index contributed by atoms with van der Waals surface area (Å²) in [4.78, 5) is 24.8. The van der Waals surface area contributed by atoms with Crippen LogP contribution in [0.2, 0.25) is 10.0 Å². The van der Waals surface area contributed by atoms with Crippen LogP contribution in [0.5, 0.6) is 0 Å². The molecule has 1 saturated heterocycles. The molecule has 1 heterocycles. The van der Waals surface area contributed by atoms with Gasteiger partial charge in [-0.25, -0.2) is 8.42 Å². The summed E-state index contributed by atoms with van der Waals surface area (Å²) in [6.45, 7) is 0.103. The van der Waals surface area contributed by atoms with Crippen molar-refractivity contribution in [2.45, 2.75) is 19.0 Å². The Morgan fingerprint density at radius 2 is 1.86 bits per heavy atom. The first-order valence-corrected chi connectivity index (χ1v) is 10.9. The van der Waals surface area contributed by atoms with Gasteiger partial charge >= 0.3 is 0 Å². The number of hydrogen-bond acceptors (Lipinski definition) is 5. The van der Waals surface area contributed by atoms with Crippen LogP contribution >= 0.6 is 23.2 Å². The molecule has 10 heteroatoms. The highest BCUT2D eigenvalue weighted by Gasteiger charge is 2.35. The maximum Gasteiger partial charge on any atom is 0.269 e. The molecule has 0 radical (unpaired) electrons. The Balaban J connectivity index is 1.93. The molecule has 3 rings (SSSR count). The summed E-state index contributed by atoms with van der Waals surface area (Å²) < 4.78 is 23.9. The lowest BCUT2D eigenvalue weighted by molar-refractivity contribution is -0.384. The minimum atomic E-state index is -3.22. The van der Waals surface area contributed by atoms with Crippen molar-refractivity contribution in [3.8, 4) is 0 Å². The fourth-order valence-corrected chi connectivity index (χ4v) is 5.31. The van der Waals surface area contributed by atoms with Gasteiger partial charge in [-0.1, -0.05) is 29.3 Å². The molecule has 0 saturated carbocycles. The number of amides is 1. The SMILES string of the molecule is O=C(c1ccc([N+](=O)[O-])cc1)N(Cc1ccc(Cl)cc1Cl)[C@H]1CCS(=O)(=O)C1. The van der Waals surface area contributed by atoms with E-state index in [-0.39, 0.29) is 29.3 Å². The van der Waals surface area contributed by atoms with E-state index < -0.39 is 26.7 Å². The maximum atomic E-state index is 13.1. The van der Waals surface area contributed by atoms with E-state index in [1.807, 2.05) is 0 Å². The van der Waals surface area contributed by atoms with Crippen molar-refractivity contribution in [3.05, 3.63) is 73.8 Å². The molecule has 1 fully saturated rings. The molecule has 1 atom stereocenters. The Hall–Kier alpha value is -2.16. The number of carbonyl (C=O) groups is 1. The first-order chi connectivity index (χ1) is 13.2. The second kappa shape index (κ2) is 8.06. The molecule has 1 amide bonds. The topological polar surface area (TPSA) is 97.6 Å². The second-order valence-electron chi connectivity index (χ2n) is 6.53. The highest BCUT2D eigenvalue weighted by Crippen LogP contribution is 2.27. The first kappa shape index (κ1) is 20.6. The highest BCUT2D eigenvalue weighted by molar-refractivity contribution is 7.91. The van der Waals surface area contributed by atoms with E-state index >= 15 is 0 Å². The van der Waals surface area contributed by atoms with Crippen molar-refractivity contribution < 1.29 is 18.1 Å². The molecule has 0 aromatic heterocycles. The minimum Gasteiger partial charge on any atom is -0.330 e. The Kier molecular flexibility index (Phi) is 5.92.